The van der Waals surface area contributed by atoms with E-state index < -0.39 is 0 Å². The third-order valence-corrected chi connectivity index (χ3v) is 3.90. The van der Waals surface area contributed by atoms with E-state index in [1.54, 1.807) is 16.8 Å². The highest BCUT2D eigenvalue weighted by molar-refractivity contribution is 9.10. The van der Waals surface area contributed by atoms with Crippen molar-refractivity contribution in [3.05, 3.63) is 34.1 Å². The molecule has 0 aliphatic rings. The minimum Gasteiger partial charge on any atom is -0.215 e. The third kappa shape index (κ3) is 3.54. The van der Waals surface area contributed by atoms with E-state index in [4.69, 9.17) is 0 Å². The molecule has 0 saturated heterocycles. The number of benzene rings is 1. The van der Waals surface area contributed by atoms with Crippen LogP contribution in [0.15, 0.2) is 27.8 Å². The van der Waals surface area contributed by atoms with E-state index >= 15 is 0 Å². The van der Waals surface area contributed by atoms with Gasteiger partial charge in [0.2, 0.25) is 5.16 Å². The van der Waals surface area contributed by atoms with Gasteiger partial charge in [0.25, 0.3) is 0 Å². The van der Waals surface area contributed by atoms with E-state index in [9.17, 15) is 4.39 Å². The van der Waals surface area contributed by atoms with Crippen molar-refractivity contribution >= 4 is 27.7 Å². The topological polar surface area (TPSA) is 43.6 Å². The molecule has 2 rings (SSSR count). The second kappa shape index (κ2) is 5.58. The quantitative estimate of drug-likeness (QED) is 0.797. The number of aromatic nitrogens is 4. The van der Waals surface area contributed by atoms with Crippen LogP contribution in [0.25, 0.3) is 0 Å². The number of tetrazole rings is 1. The monoisotopic (exact) mass is 344 g/mol. The van der Waals surface area contributed by atoms with Crippen molar-refractivity contribution in [2.24, 2.45) is 0 Å². The molecule has 0 unspecified atom stereocenters. The summed E-state index contributed by atoms with van der Waals surface area (Å²) >= 11 is 4.76. The Morgan fingerprint density at radius 3 is 2.79 bits per heavy atom. The number of hydrogen-bond acceptors (Lipinski definition) is 4. The summed E-state index contributed by atoms with van der Waals surface area (Å²) in [7, 11) is 0. The minimum absolute atomic E-state index is 0.193. The van der Waals surface area contributed by atoms with Crippen LogP contribution in [0, 0.1) is 5.82 Å². The maximum absolute atomic E-state index is 13.6. The van der Waals surface area contributed by atoms with E-state index in [1.807, 2.05) is 20.8 Å². The van der Waals surface area contributed by atoms with E-state index in [1.165, 1.54) is 17.8 Å². The molecule has 4 nitrogen and oxygen atoms in total. The fraction of sp³-hybridized carbons (Fsp3) is 0.417. The number of nitrogens with zero attached hydrogens (tertiary/aromatic N) is 4. The van der Waals surface area contributed by atoms with Crippen LogP contribution in [0.1, 0.15) is 26.3 Å². The van der Waals surface area contributed by atoms with Crippen molar-refractivity contribution in [2.75, 3.05) is 0 Å². The summed E-state index contributed by atoms with van der Waals surface area (Å²) in [6, 6.07) is 4.91. The molecule has 0 amide bonds. The van der Waals surface area contributed by atoms with Crippen LogP contribution in [0.3, 0.4) is 0 Å². The first-order chi connectivity index (χ1) is 8.88. The maximum Gasteiger partial charge on any atom is 0.210 e. The molecule has 1 aromatic carbocycles. The van der Waals surface area contributed by atoms with E-state index in [0.717, 1.165) is 4.47 Å². The predicted molar refractivity (Wildman–Crippen MR) is 76.5 cm³/mol. The molecule has 0 fully saturated rings. The SMILES string of the molecule is CC(C)(C)n1nnnc1SCc1cc(Br)ccc1F. The highest BCUT2D eigenvalue weighted by Crippen LogP contribution is 2.26. The van der Waals surface area contributed by atoms with Gasteiger partial charge in [-0.15, -0.1) is 5.10 Å². The molecule has 0 bridgehead atoms. The molecule has 7 heteroatoms. The van der Waals surface area contributed by atoms with Crippen LogP contribution in [0.4, 0.5) is 4.39 Å². The van der Waals surface area contributed by atoms with E-state index in [2.05, 4.69) is 31.5 Å². The van der Waals surface area contributed by atoms with Crippen molar-refractivity contribution in [2.45, 2.75) is 37.2 Å². The molecule has 0 spiro atoms. The van der Waals surface area contributed by atoms with Crippen molar-refractivity contribution < 1.29 is 4.39 Å². The van der Waals surface area contributed by atoms with Gasteiger partial charge in [-0.25, -0.2) is 9.07 Å². The second-order valence-corrected chi connectivity index (χ2v) is 6.93. The van der Waals surface area contributed by atoms with Crippen LogP contribution < -0.4 is 0 Å². The number of rotatable bonds is 3. The highest BCUT2D eigenvalue weighted by Gasteiger charge is 2.20. The molecule has 0 atom stereocenters. The Bertz CT molecular complexity index is 579. The fourth-order valence-corrected chi connectivity index (χ4v) is 2.93. The Morgan fingerprint density at radius 2 is 2.11 bits per heavy atom. The first kappa shape index (κ1) is 14.5. The van der Waals surface area contributed by atoms with Crippen molar-refractivity contribution in [1.82, 2.24) is 20.2 Å². The summed E-state index contributed by atoms with van der Waals surface area (Å²) in [6.07, 6.45) is 0. The lowest BCUT2D eigenvalue weighted by atomic mass is 10.1. The molecule has 1 heterocycles. The van der Waals surface area contributed by atoms with Crippen LogP contribution in [-0.2, 0) is 11.3 Å². The first-order valence-corrected chi connectivity index (χ1v) is 7.51. The summed E-state index contributed by atoms with van der Waals surface area (Å²) in [4.78, 5) is 0. The Labute approximate surface area is 123 Å². The summed E-state index contributed by atoms with van der Waals surface area (Å²) in [5.41, 5.74) is 0.435. The molecule has 0 N–H and O–H groups in total. The van der Waals surface area contributed by atoms with Gasteiger partial charge in [-0.05, 0) is 55.0 Å². The van der Waals surface area contributed by atoms with Crippen molar-refractivity contribution in [1.29, 1.82) is 0 Å². The zero-order valence-corrected chi connectivity index (χ0v) is 13.3. The lowest BCUT2D eigenvalue weighted by molar-refractivity contribution is 0.321. The average Bonchev–Trinajstić information content (AvgIpc) is 2.78. The largest absolute Gasteiger partial charge is 0.215 e. The summed E-state index contributed by atoms with van der Waals surface area (Å²) in [6.45, 7) is 6.06. The molecule has 0 saturated carbocycles. The Kier molecular flexibility index (Phi) is 4.25. The zero-order valence-electron chi connectivity index (χ0n) is 10.9. The fourth-order valence-electron chi connectivity index (χ4n) is 1.49. The zero-order chi connectivity index (χ0) is 14.0. The first-order valence-electron chi connectivity index (χ1n) is 5.73. The van der Waals surface area contributed by atoms with Crippen LogP contribution in [0.5, 0.6) is 0 Å². The maximum atomic E-state index is 13.6. The van der Waals surface area contributed by atoms with Gasteiger partial charge in [0, 0.05) is 10.2 Å². The highest BCUT2D eigenvalue weighted by atomic mass is 79.9. The van der Waals surface area contributed by atoms with Crippen molar-refractivity contribution in [3.63, 3.8) is 0 Å². The number of thioether (sulfide) groups is 1. The van der Waals surface area contributed by atoms with Crippen LogP contribution in [0.2, 0.25) is 0 Å². The summed E-state index contributed by atoms with van der Waals surface area (Å²) in [5.74, 6) is 0.271. The molecule has 0 aliphatic carbocycles. The van der Waals surface area contributed by atoms with Crippen LogP contribution in [-0.4, -0.2) is 20.2 Å². The molecule has 2 aromatic rings. The lowest BCUT2D eigenvalue weighted by Crippen LogP contribution is -2.24. The molecular weight excluding hydrogens is 331 g/mol. The molecule has 0 radical (unpaired) electrons. The predicted octanol–water partition coefficient (Wildman–Crippen LogP) is 3.62. The van der Waals surface area contributed by atoms with Gasteiger partial charge in [-0.2, -0.15) is 0 Å². The van der Waals surface area contributed by atoms with E-state index in [-0.39, 0.29) is 11.4 Å². The Hall–Kier alpha value is -0.950. The van der Waals surface area contributed by atoms with Gasteiger partial charge in [0.15, 0.2) is 0 Å². The van der Waals surface area contributed by atoms with Gasteiger partial charge in [0.05, 0.1) is 5.54 Å². The van der Waals surface area contributed by atoms with Gasteiger partial charge < -0.3 is 0 Å². The molecule has 1 aromatic heterocycles. The molecular formula is C12H14BrFN4S. The smallest absolute Gasteiger partial charge is 0.210 e. The Balaban J connectivity index is 2.15. The molecule has 0 aliphatic heterocycles. The van der Waals surface area contributed by atoms with E-state index in [0.29, 0.717) is 16.5 Å². The van der Waals surface area contributed by atoms with Gasteiger partial charge in [-0.1, -0.05) is 27.7 Å². The number of hydrogen-bond donors (Lipinski definition) is 0. The average molecular weight is 345 g/mol. The van der Waals surface area contributed by atoms with Gasteiger partial charge in [0.1, 0.15) is 5.82 Å². The number of halogens is 2. The molecule has 102 valence electrons. The van der Waals surface area contributed by atoms with Crippen LogP contribution >= 0.6 is 27.7 Å². The van der Waals surface area contributed by atoms with Gasteiger partial charge in [-0.3, -0.25) is 0 Å². The standard InChI is InChI=1S/C12H14BrFN4S/c1-12(2,3)18-11(15-16-17-18)19-7-8-6-9(13)4-5-10(8)14/h4-6H,7H2,1-3H3. The Morgan fingerprint density at radius 1 is 1.37 bits per heavy atom. The lowest BCUT2D eigenvalue weighted by Gasteiger charge is -2.19. The normalized spacial score (nSPS) is 11.8. The van der Waals surface area contributed by atoms with Crippen molar-refractivity contribution in [3.8, 4) is 0 Å². The summed E-state index contributed by atoms with van der Waals surface area (Å²) < 4.78 is 16.2. The minimum atomic E-state index is -0.217. The van der Waals surface area contributed by atoms with Gasteiger partial charge >= 0.3 is 0 Å². The third-order valence-electron chi connectivity index (χ3n) is 2.44. The second-order valence-electron chi connectivity index (χ2n) is 5.07. The summed E-state index contributed by atoms with van der Waals surface area (Å²) in [5, 5.41) is 12.3. The molecule has 19 heavy (non-hydrogen) atoms.